The highest BCUT2D eigenvalue weighted by molar-refractivity contribution is 4.69. The summed E-state index contributed by atoms with van der Waals surface area (Å²) in [6.07, 6.45) is 0. The fourth-order valence-corrected chi connectivity index (χ4v) is 0.565. The van der Waals surface area contributed by atoms with E-state index < -0.39 is 0 Å². The van der Waals surface area contributed by atoms with E-state index in [4.69, 9.17) is 4.74 Å². The highest BCUT2D eigenvalue weighted by Crippen LogP contribution is 1.96. The Bertz CT molecular complexity index is 63.4. The van der Waals surface area contributed by atoms with Crippen LogP contribution in [0.4, 0.5) is 0 Å². The SMILES string of the molecule is CCNNC1COC1. The molecule has 1 aliphatic heterocycles. The van der Waals surface area contributed by atoms with Crippen LogP contribution in [0.1, 0.15) is 6.92 Å². The first kappa shape index (κ1) is 6.01. The molecule has 2 N–H and O–H groups in total. The average Bonchev–Trinajstić information content (AvgIpc) is 1.63. The number of hydrazine groups is 1. The van der Waals surface area contributed by atoms with Crippen molar-refractivity contribution in [1.82, 2.24) is 10.9 Å². The van der Waals surface area contributed by atoms with Crippen molar-refractivity contribution < 1.29 is 4.74 Å². The Balaban J connectivity index is 1.86. The minimum Gasteiger partial charge on any atom is -0.378 e. The summed E-state index contributed by atoms with van der Waals surface area (Å²) in [5, 5.41) is 0. The molecule has 1 rings (SSSR count). The lowest BCUT2D eigenvalue weighted by molar-refractivity contribution is -0.0109. The lowest BCUT2D eigenvalue weighted by Crippen LogP contribution is -2.51. The van der Waals surface area contributed by atoms with Crippen molar-refractivity contribution in [3.8, 4) is 0 Å². The second-order valence-corrected chi connectivity index (χ2v) is 1.91. The molecule has 48 valence electrons. The van der Waals surface area contributed by atoms with Crippen LogP contribution in [0.3, 0.4) is 0 Å². The standard InChI is InChI=1S/C5H12N2O/c1-2-6-7-5-3-8-4-5/h5-7H,2-4H2,1H3. The van der Waals surface area contributed by atoms with E-state index in [1.54, 1.807) is 0 Å². The fourth-order valence-electron chi connectivity index (χ4n) is 0.565. The van der Waals surface area contributed by atoms with Crippen LogP contribution in [-0.2, 0) is 4.74 Å². The maximum absolute atomic E-state index is 4.93. The molecule has 0 aromatic rings. The summed E-state index contributed by atoms with van der Waals surface area (Å²) >= 11 is 0. The van der Waals surface area contributed by atoms with Gasteiger partial charge in [-0.15, -0.1) is 0 Å². The molecule has 8 heavy (non-hydrogen) atoms. The molecule has 0 spiro atoms. The molecular formula is C5H12N2O. The maximum Gasteiger partial charge on any atom is 0.0680 e. The summed E-state index contributed by atoms with van der Waals surface area (Å²) in [6.45, 7) is 4.74. The molecule has 1 heterocycles. The smallest absolute Gasteiger partial charge is 0.0680 e. The van der Waals surface area contributed by atoms with Gasteiger partial charge < -0.3 is 4.74 Å². The van der Waals surface area contributed by atoms with Crippen molar-refractivity contribution in [3.05, 3.63) is 0 Å². The third-order valence-corrected chi connectivity index (χ3v) is 1.12. The second kappa shape index (κ2) is 3.02. The predicted molar refractivity (Wildman–Crippen MR) is 31.4 cm³/mol. The van der Waals surface area contributed by atoms with E-state index in [0.717, 1.165) is 19.8 Å². The number of nitrogens with one attached hydrogen (secondary N) is 2. The van der Waals surface area contributed by atoms with Crippen LogP contribution in [0.25, 0.3) is 0 Å². The molecule has 0 amide bonds. The third-order valence-electron chi connectivity index (χ3n) is 1.12. The Morgan fingerprint density at radius 3 is 2.75 bits per heavy atom. The average molecular weight is 116 g/mol. The Morgan fingerprint density at radius 1 is 1.62 bits per heavy atom. The van der Waals surface area contributed by atoms with Crippen LogP contribution in [0.2, 0.25) is 0 Å². The first-order chi connectivity index (χ1) is 3.93. The summed E-state index contributed by atoms with van der Waals surface area (Å²) in [7, 11) is 0. The minimum absolute atomic E-state index is 0.551. The van der Waals surface area contributed by atoms with Gasteiger partial charge in [-0.3, -0.25) is 10.9 Å². The van der Waals surface area contributed by atoms with Crippen molar-refractivity contribution in [2.45, 2.75) is 13.0 Å². The molecule has 0 radical (unpaired) electrons. The van der Waals surface area contributed by atoms with Crippen LogP contribution in [0, 0.1) is 0 Å². The van der Waals surface area contributed by atoms with Gasteiger partial charge in [0.2, 0.25) is 0 Å². The number of hydrogen-bond donors (Lipinski definition) is 2. The van der Waals surface area contributed by atoms with E-state index in [0.29, 0.717) is 6.04 Å². The van der Waals surface area contributed by atoms with E-state index in [2.05, 4.69) is 17.8 Å². The Labute approximate surface area is 49.4 Å². The summed E-state index contributed by atoms with van der Waals surface area (Å²) in [5.74, 6) is 0. The molecule has 0 aromatic carbocycles. The van der Waals surface area contributed by atoms with E-state index in [9.17, 15) is 0 Å². The molecular weight excluding hydrogens is 104 g/mol. The van der Waals surface area contributed by atoms with Crippen LogP contribution in [-0.4, -0.2) is 25.8 Å². The molecule has 1 fully saturated rings. The van der Waals surface area contributed by atoms with Gasteiger partial charge in [-0.25, -0.2) is 0 Å². The zero-order chi connectivity index (χ0) is 5.82. The van der Waals surface area contributed by atoms with E-state index in [-0.39, 0.29) is 0 Å². The zero-order valence-electron chi connectivity index (χ0n) is 5.11. The predicted octanol–water partition coefficient (Wildman–Crippen LogP) is -0.501. The highest BCUT2D eigenvalue weighted by atomic mass is 16.5. The van der Waals surface area contributed by atoms with Crippen molar-refractivity contribution >= 4 is 0 Å². The van der Waals surface area contributed by atoms with Gasteiger partial charge in [0.15, 0.2) is 0 Å². The highest BCUT2D eigenvalue weighted by Gasteiger charge is 2.15. The van der Waals surface area contributed by atoms with E-state index >= 15 is 0 Å². The molecule has 0 unspecified atom stereocenters. The molecule has 0 aromatic heterocycles. The molecule has 1 saturated heterocycles. The van der Waals surface area contributed by atoms with Gasteiger partial charge in [0, 0.05) is 6.54 Å². The Kier molecular flexibility index (Phi) is 2.27. The molecule has 0 aliphatic carbocycles. The number of hydrogen-bond acceptors (Lipinski definition) is 3. The Morgan fingerprint density at radius 2 is 2.38 bits per heavy atom. The fraction of sp³-hybridized carbons (Fsp3) is 1.00. The van der Waals surface area contributed by atoms with Gasteiger partial charge in [0.25, 0.3) is 0 Å². The summed E-state index contributed by atoms with van der Waals surface area (Å²) in [5.41, 5.74) is 6.11. The van der Waals surface area contributed by atoms with Crippen molar-refractivity contribution in [1.29, 1.82) is 0 Å². The van der Waals surface area contributed by atoms with E-state index in [1.165, 1.54) is 0 Å². The summed E-state index contributed by atoms with van der Waals surface area (Å²) in [4.78, 5) is 0. The quantitative estimate of drug-likeness (QED) is 0.488. The topological polar surface area (TPSA) is 33.3 Å². The molecule has 1 aliphatic rings. The van der Waals surface area contributed by atoms with Gasteiger partial charge in [0.05, 0.1) is 19.3 Å². The van der Waals surface area contributed by atoms with Crippen molar-refractivity contribution in [2.75, 3.05) is 19.8 Å². The van der Waals surface area contributed by atoms with Gasteiger partial charge in [-0.05, 0) is 0 Å². The first-order valence-corrected chi connectivity index (χ1v) is 2.99. The molecule has 3 nitrogen and oxygen atoms in total. The first-order valence-electron chi connectivity index (χ1n) is 2.99. The van der Waals surface area contributed by atoms with Gasteiger partial charge in [-0.2, -0.15) is 0 Å². The normalized spacial score (nSPS) is 20.6. The van der Waals surface area contributed by atoms with Gasteiger partial charge in [-0.1, -0.05) is 6.92 Å². The largest absolute Gasteiger partial charge is 0.378 e. The molecule has 0 bridgehead atoms. The lowest BCUT2D eigenvalue weighted by atomic mass is 10.3. The summed E-state index contributed by atoms with van der Waals surface area (Å²) < 4.78 is 4.93. The van der Waals surface area contributed by atoms with Crippen LogP contribution in [0.15, 0.2) is 0 Å². The second-order valence-electron chi connectivity index (χ2n) is 1.91. The molecule has 0 saturated carbocycles. The van der Waals surface area contributed by atoms with Gasteiger partial charge >= 0.3 is 0 Å². The number of ether oxygens (including phenoxy) is 1. The van der Waals surface area contributed by atoms with Gasteiger partial charge in [0.1, 0.15) is 0 Å². The van der Waals surface area contributed by atoms with Crippen molar-refractivity contribution in [2.24, 2.45) is 0 Å². The Hall–Kier alpha value is -0.120. The third kappa shape index (κ3) is 1.43. The zero-order valence-corrected chi connectivity index (χ0v) is 5.11. The van der Waals surface area contributed by atoms with Crippen LogP contribution < -0.4 is 10.9 Å². The maximum atomic E-state index is 4.93. The molecule has 0 atom stereocenters. The molecule has 3 heteroatoms. The lowest BCUT2D eigenvalue weighted by Gasteiger charge is -2.26. The monoisotopic (exact) mass is 116 g/mol. The van der Waals surface area contributed by atoms with E-state index in [1.807, 2.05) is 0 Å². The minimum atomic E-state index is 0.551. The van der Waals surface area contributed by atoms with Crippen LogP contribution in [0.5, 0.6) is 0 Å². The van der Waals surface area contributed by atoms with Crippen molar-refractivity contribution in [3.63, 3.8) is 0 Å². The number of rotatable bonds is 3. The summed E-state index contributed by atoms with van der Waals surface area (Å²) in [6, 6.07) is 0.551. The van der Waals surface area contributed by atoms with Crippen LogP contribution >= 0.6 is 0 Å².